The van der Waals surface area contributed by atoms with Gasteiger partial charge in [0.15, 0.2) is 0 Å². The Bertz CT molecular complexity index is 474. The molecule has 2 fully saturated rings. The van der Waals surface area contributed by atoms with Crippen LogP contribution in [0.4, 0.5) is 0 Å². The summed E-state index contributed by atoms with van der Waals surface area (Å²) in [5.74, 6) is 1.22. The van der Waals surface area contributed by atoms with Crippen molar-refractivity contribution in [3.8, 4) is 0 Å². The second-order valence-corrected chi connectivity index (χ2v) is 6.55. The molecule has 3 N–H and O–H groups in total. The number of nitrogens with two attached hydrogens (primary N) is 1. The number of halogens is 1. The summed E-state index contributed by atoms with van der Waals surface area (Å²) in [6.45, 7) is 2.04. The molecule has 1 aromatic carbocycles. The first-order valence-corrected chi connectivity index (χ1v) is 7.76. The van der Waals surface area contributed by atoms with Crippen LogP contribution in [-0.4, -0.2) is 18.0 Å². The summed E-state index contributed by atoms with van der Waals surface area (Å²) in [7, 11) is 0. The Hall–Kier alpha value is -1.06. The van der Waals surface area contributed by atoms with Crippen LogP contribution in [0.25, 0.3) is 0 Å². The van der Waals surface area contributed by atoms with Gasteiger partial charge in [-0.05, 0) is 56.6 Å². The highest BCUT2D eigenvalue weighted by molar-refractivity contribution is 5.94. The van der Waals surface area contributed by atoms with Crippen molar-refractivity contribution in [1.29, 1.82) is 0 Å². The number of aryl methyl sites for hydroxylation is 1. The molecule has 1 amide bonds. The van der Waals surface area contributed by atoms with Crippen molar-refractivity contribution < 1.29 is 4.79 Å². The Morgan fingerprint density at radius 2 is 1.71 bits per heavy atom. The molecule has 0 saturated heterocycles. The summed E-state index contributed by atoms with van der Waals surface area (Å²) < 4.78 is 0. The lowest BCUT2D eigenvalue weighted by molar-refractivity contribution is 0.0756. The van der Waals surface area contributed by atoms with E-state index in [4.69, 9.17) is 5.73 Å². The van der Waals surface area contributed by atoms with Crippen molar-refractivity contribution >= 4 is 18.3 Å². The predicted octanol–water partition coefficient (Wildman–Crippen LogP) is 3.05. The fraction of sp³-hybridized carbons (Fsp3) is 0.588. The van der Waals surface area contributed by atoms with Crippen molar-refractivity contribution in [3.05, 3.63) is 35.4 Å². The van der Waals surface area contributed by atoms with Gasteiger partial charge in [-0.1, -0.05) is 24.1 Å². The molecule has 21 heavy (non-hydrogen) atoms. The van der Waals surface area contributed by atoms with Crippen LogP contribution in [0.5, 0.6) is 0 Å². The van der Waals surface area contributed by atoms with Crippen LogP contribution in [-0.2, 0) is 0 Å². The number of carbonyl (C=O) groups is 1. The van der Waals surface area contributed by atoms with Crippen LogP contribution in [0.15, 0.2) is 24.3 Å². The monoisotopic (exact) mass is 308 g/mol. The van der Waals surface area contributed by atoms with Gasteiger partial charge in [-0.3, -0.25) is 4.79 Å². The summed E-state index contributed by atoms with van der Waals surface area (Å²) >= 11 is 0. The van der Waals surface area contributed by atoms with Gasteiger partial charge in [0.25, 0.3) is 5.91 Å². The first-order valence-electron chi connectivity index (χ1n) is 7.76. The molecule has 2 atom stereocenters. The minimum Gasteiger partial charge on any atom is -0.349 e. The molecule has 2 aliphatic rings. The number of fused-ring (bicyclic) bond motifs is 2. The molecule has 1 aromatic rings. The fourth-order valence-electron chi connectivity index (χ4n) is 3.96. The van der Waals surface area contributed by atoms with Crippen LogP contribution in [0.1, 0.15) is 48.0 Å². The van der Waals surface area contributed by atoms with E-state index >= 15 is 0 Å². The Kier molecular flexibility index (Phi) is 5.28. The average Bonchev–Trinajstić information content (AvgIpc) is 2.40. The SMILES string of the molecule is Cc1ccc(C(=O)NC2C3CCCC2CC(N)C3)cc1.Cl. The summed E-state index contributed by atoms with van der Waals surface area (Å²) in [6.07, 6.45) is 5.84. The molecule has 0 spiro atoms. The van der Waals surface area contributed by atoms with E-state index < -0.39 is 0 Å². The molecule has 2 unspecified atom stereocenters. The summed E-state index contributed by atoms with van der Waals surface area (Å²) in [5, 5.41) is 3.28. The fourth-order valence-corrected chi connectivity index (χ4v) is 3.96. The minimum atomic E-state index is 0. The van der Waals surface area contributed by atoms with Crippen molar-refractivity contribution in [3.63, 3.8) is 0 Å². The normalized spacial score (nSPS) is 31.1. The minimum absolute atomic E-state index is 0. The zero-order chi connectivity index (χ0) is 14.1. The van der Waals surface area contributed by atoms with Crippen LogP contribution in [0.2, 0.25) is 0 Å². The molecule has 4 heteroatoms. The first kappa shape index (κ1) is 16.3. The molecule has 0 heterocycles. The lowest BCUT2D eigenvalue weighted by Crippen LogP contribution is -2.53. The molecule has 0 aromatic heterocycles. The average molecular weight is 309 g/mol. The quantitative estimate of drug-likeness (QED) is 0.882. The van der Waals surface area contributed by atoms with Gasteiger partial charge in [-0.2, -0.15) is 0 Å². The van der Waals surface area contributed by atoms with E-state index in [1.807, 2.05) is 31.2 Å². The van der Waals surface area contributed by atoms with Gasteiger partial charge >= 0.3 is 0 Å². The number of carbonyl (C=O) groups excluding carboxylic acids is 1. The zero-order valence-corrected chi connectivity index (χ0v) is 13.4. The largest absolute Gasteiger partial charge is 0.349 e. The third-order valence-corrected chi connectivity index (χ3v) is 4.99. The number of benzene rings is 1. The molecule has 0 radical (unpaired) electrons. The maximum absolute atomic E-state index is 12.4. The van der Waals surface area contributed by atoms with Crippen molar-refractivity contribution in [1.82, 2.24) is 5.32 Å². The van der Waals surface area contributed by atoms with Crippen LogP contribution in [0.3, 0.4) is 0 Å². The Labute approximate surface area is 133 Å². The Balaban J connectivity index is 0.00000161. The lowest BCUT2D eigenvalue weighted by atomic mass is 9.67. The van der Waals surface area contributed by atoms with Crippen molar-refractivity contribution in [2.45, 2.75) is 51.1 Å². The Morgan fingerprint density at radius 1 is 1.14 bits per heavy atom. The van der Waals surface area contributed by atoms with E-state index in [0.717, 1.165) is 18.4 Å². The van der Waals surface area contributed by atoms with Gasteiger partial charge in [-0.15, -0.1) is 12.4 Å². The van der Waals surface area contributed by atoms with Crippen LogP contribution in [0, 0.1) is 18.8 Å². The highest BCUT2D eigenvalue weighted by Gasteiger charge is 2.39. The molecule has 3 nitrogen and oxygen atoms in total. The number of rotatable bonds is 2. The molecule has 2 bridgehead atoms. The van der Waals surface area contributed by atoms with Gasteiger partial charge < -0.3 is 11.1 Å². The van der Waals surface area contributed by atoms with E-state index in [1.54, 1.807) is 0 Å². The predicted molar refractivity (Wildman–Crippen MR) is 87.7 cm³/mol. The number of hydrogen-bond acceptors (Lipinski definition) is 2. The summed E-state index contributed by atoms with van der Waals surface area (Å²) in [5.41, 5.74) is 8.08. The second-order valence-electron chi connectivity index (χ2n) is 6.55. The van der Waals surface area contributed by atoms with E-state index in [2.05, 4.69) is 5.32 Å². The number of hydrogen-bond donors (Lipinski definition) is 2. The molecule has 0 aliphatic heterocycles. The maximum Gasteiger partial charge on any atom is 0.251 e. The molecule has 2 saturated carbocycles. The van der Waals surface area contributed by atoms with Gasteiger partial charge in [0.2, 0.25) is 0 Å². The van der Waals surface area contributed by atoms with Gasteiger partial charge in [0, 0.05) is 17.6 Å². The van der Waals surface area contributed by atoms with Crippen molar-refractivity contribution in [2.24, 2.45) is 17.6 Å². The smallest absolute Gasteiger partial charge is 0.251 e. The number of amides is 1. The summed E-state index contributed by atoms with van der Waals surface area (Å²) in [4.78, 5) is 12.4. The van der Waals surface area contributed by atoms with Gasteiger partial charge in [-0.25, -0.2) is 0 Å². The first-order chi connectivity index (χ1) is 9.63. The highest BCUT2D eigenvalue weighted by Crippen LogP contribution is 2.39. The standard InChI is InChI=1S/C17H24N2O.ClH/c1-11-5-7-12(8-6-11)17(20)19-16-13-3-2-4-14(16)10-15(18)9-13;/h5-8,13-16H,2-4,9-10,18H2,1H3,(H,19,20);1H. The third-order valence-electron chi connectivity index (χ3n) is 4.99. The molecular formula is C17H25ClN2O. The maximum atomic E-state index is 12.4. The van der Waals surface area contributed by atoms with E-state index in [1.165, 1.54) is 24.8 Å². The van der Waals surface area contributed by atoms with Gasteiger partial charge in [0.1, 0.15) is 0 Å². The highest BCUT2D eigenvalue weighted by atomic mass is 35.5. The van der Waals surface area contributed by atoms with Crippen LogP contribution < -0.4 is 11.1 Å². The summed E-state index contributed by atoms with van der Waals surface area (Å²) in [6, 6.07) is 8.47. The molecule has 2 aliphatic carbocycles. The third kappa shape index (κ3) is 3.58. The zero-order valence-electron chi connectivity index (χ0n) is 12.5. The lowest BCUT2D eigenvalue weighted by Gasteiger charge is -2.45. The second kappa shape index (κ2) is 6.80. The number of nitrogens with one attached hydrogen (secondary N) is 1. The van der Waals surface area contributed by atoms with E-state index in [0.29, 0.717) is 23.9 Å². The van der Waals surface area contributed by atoms with Gasteiger partial charge in [0.05, 0.1) is 0 Å². The topological polar surface area (TPSA) is 55.1 Å². The van der Waals surface area contributed by atoms with Crippen LogP contribution >= 0.6 is 12.4 Å². The Morgan fingerprint density at radius 3 is 2.29 bits per heavy atom. The molecule has 116 valence electrons. The molecular weight excluding hydrogens is 284 g/mol. The van der Waals surface area contributed by atoms with E-state index in [-0.39, 0.29) is 18.3 Å². The molecule has 3 rings (SSSR count). The van der Waals surface area contributed by atoms with E-state index in [9.17, 15) is 4.79 Å². The van der Waals surface area contributed by atoms with Crippen molar-refractivity contribution in [2.75, 3.05) is 0 Å².